The smallest absolute Gasteiger partial charge is 0.337 e. The summed E-state index contributed by atoms with van der Waals surface area (Å²) in [6.45, 7) is 1.73. The lowest BCUT2D eigenvalue weighted by Gasteiger charge is -2.08. The molecular weight excluding hydrogens is 280 g/mol. The molecule has 6 heteroatoms. The summed E-state index contributed by atoms with van der Waals surface area (Å²) < 4.78 is 1.50. The Morgan fingerprint density at radius 3 is 3.00 bits per heavy atom. The normalized spacial score (nSPS) is 10.4. The van der Waals surface area contributed by atoms with E-state index in [2.05, 4.69) is 21.3 Å². The lowest BCUT2D eigenvalue weighted by Crippen LogP contribution is -2.00. The van der Waals surface area contributed by atoms with E-state index < -0.39 is 5.97 Å². The summed E-state index contributed by atoms with van der Waals surface area (Å²) in [5.41, 5.74) is 2.93. The van der Waals surface area contributed by atoms with Gasteiger partial charge in [-0.05, 0) is 30.7 Å². The van der Waals surface area contributed by atoms with Crippen LogP contribution >= 0.6 is 0 Å². The summed E-state index contributed by atoms with van der Waals surface area (Å²) in [6.07, 6.45) is 8.23. The van der Waals surface area contributed by atoms with Crippen molar-refractivity contribution in [2.45, 2.75) is 6.92 Å². The second kappa shape index (κ2) is 5.22. The zero-order chi connectivity index (χ0) is 15.7. The van der Waals surface area contributed by atoms with E-state index in [9.17, 15) is 9.90 Å². The monoisotopic (exact) mass is 292 g/mol. The van der Waals surface area contributed by atoms with Crippen LogP contribution < -0.4 is 5.32 Å². The Hall–Kier alpha value is -3.33. The summed E-state index contributed by atoms with van der Waals surface area (Å²) in [5.74, 6) is 2.09. The molecule has 0 radical (unpaired) electrons. The fraction of sp³-hybridized carbons (Fsp3) is 0.0625. The Labute approximate surface area is 126 Å². The molecule has 0 amide bonds. The third kappa shape index (κ3) is 2.25. The second-order valence-electron chi connectivity index (χ2n) is 4.72. The Balaban J connectivity index is 2.11. The highest BCUT2D eigenvalue weighted by Crippen LogP contribution is 2.25. The Morgan fingerprint density at radius 2 is 2.27 bits per heavy atom. The number of hydrogen-bond acceptors (Lipinski definition) is 4. The minimum absolute atomic E-state index is 0.195. The van der Waals surface area contributed by atoms with Gasteiger partial charge in [-0.3, -0.25) is 0 Å². The third-order valence-electron chi connectivity index (χ3n) is 3.35. The predicted octanol–water partition coefficient (Wildman–Crippen LogP) is 2.46. The van der Waals surface area contributed by atoms with E-state index in [0.29, 0.717) is 16.9 Å². The summed E-state index contributed by atoms with van der Waals surface area (Å²) in [5, 5.41) is 16.4. The molecule has 6 nitrogen and oxygen atoms in total. The fourth-order valence-electron chi connectivity index (χ4n) is 2.29. The molecule has 0 atom stereocenters. The van der Waals surface area contributed by atoms with E-state index in [-0.39, 0.29) is 5.56 Å². The van der Waals surface area contributed by atoms with Crippen molar-refractivity contribution in [1.82, 2.24) is 14.6 Å². The van der Waals surface area contributed by atoms with Crippen LogP contribution in [0.1, 0.15) is 21.5 Å². The molecule has 2 aromatic heterocycles. The molecule has 3 rings (SSSR count). The van der Waals surface area contributed by atoms with Gasteiger partial charge < -0.3 is 10.4 Å². The Kier molecular flexibility index (Phi) is 3.24. The standard InChI is InChI=1S/C16H12N4O2/c1-3-11-5-4-6-12(7-11)19-15-14-10(2)13(16(21)22)8-20(14)18-9-17-15/h1,4-9H,2H3,(H,21,22)(H,17,18,19). The first-order chi connectivity index (χ1) is 10.6. The highest BCUT2D eigenvalue weighted by molar-refractivity contribution is 5.94. The summed E-state index contributed by atoms with van der Waals surface area (Å²) in [4.78, 5) is 15.4. The molecule has 2 heterocycles. The largest absolute Gasteiger partial charge is 0.478 e. The van der Waals surface area contributed by atoms with E-state index in [1.807, 2.05) is 24.3 Å². The van der Waals surface area contributed by atoms with Crippen molar-refractivity contribution >= 4 is 23.0 Å². The molecule has 0 unspecified atom stereocenters. The van der Waals surface area contributed by atoms with Gasteiger partial charge in [0.05, 0.1) is 5.56 Å². The number of aromatic nitrogens is 3. The molecule has 22 heavy (non-hydrogen) atoms. The number of nitrogens with zero attached hydrogens (tertiary/aromatic N) is 3. The van der Waals surface area contributed by atoms with Crippen LogP contribution in [0.25, 0.3) is 5.52 Å². The highest BCUT2D eigenvalue weighted by Gasteiger charge is 2.17. The van der Waals surface area contributed by atoms with Gasteiger partial charge in [0.25, 0.3) is 0 Å². The minimum Gasteiger partial charge on any atom is -0.478 e. The van der Waals surface area contributed by atoms with Crippen LogP contribution in [-0.4, -0.2) is 25.7 Å². The molecule has 0 bridgehead atoms. The van der Waals surface area contributed by atoms with Gasteiger partial charge in [0.15, 0.2) is 5.82 Å². The SMILES string of the molecule is C#Cc1cccc(Nc2ncnn3cc(C(=O)O)c(C)c23)c1. The lowest BCUT2D eigenvalue weighted by molar-refractivity contribution is 0.0696. The molecule has 0 aliphatic heterocycles. The zero-order valence-electron chi connectivity index (χ0n) is 11.7. The second-order valence-corrected chi connectivity index (χ2v) is 4.72. The van der Waals surface area contributed by atoms with E-state index >= 15 is 0 Å². The van der Waals surface area contributed by atoms with Crippen molar-refractivity contribution in [2.75, 3.05) is 5.32 Å². The van der Waals surface area contributed by atoms with Crippen LogP contribution in [0.4, 0.5) is 11.5 Å². The predicted molar refractivity (Wildman–Crippen MR) is 82.3 cm³/mol. The molecule has 2 N–H and O–H groups in total. The zero-order valence-corrected chi connectivity index (χ0v) is 11.7. The molecular formula is C16H12N4O2. The number of aromatic carboxylic acids is 1. The van der Waals surface area contributed by atoms with Crippen LogP contribution in [-0.2, 0) is 0 Å². The number of carboxylic acids is 1. The summed E-state index contributed by atoms with van der Waals surface area (Å²) >= 11 is 0. The first-order valence-corrected chi connectivity index (χ1v) is 6.50. The number of aryl methyl sites for hydroxylation is 1. The minimum atomic E-state index is -0.997. The van der Waals surface area contributed by atoms with Gasteiger partial charge in [0, 0.05) is 17.4 Å². The number of carboxylic acid groups (broad SMARTS) is 1. The summed E-state index contributed by atoms with van der Waals surface area (Å²) in [6, 6.07) is 7.33. The van der Waals surface area contributed by atoms with Crippen LogP contribution in [0.2, 0.25) is 0 Å². The fourth-order valence-corrected chi connectivity index (χ4v) is 2.29. The molecule has 0 spiro atoms. The first-order valence-electron chi connectivity index (χ1n) is 6.50. The average Bonchev–Trinajstić information content (AvgIpc) is 2.86. The van der Waals surface area contributed by atoms with E-state index in [1.54, 1.807) is 6.92 Å². The molecule has 0 saturated carbocycles. The summed E-state index contributed by atoms with van der Waals surface area (Å²) in [7, 11) is 0. The van der Waals surface area contributed by atoms with Gasteiger partial charge in [-0.1, -0.05) is 12.0 Å². The van der Waals surface area contributed by atoms with Crippen molar-refractivity contribution in [3.8, 4) is 12.3 Å². The van der Waals surface area contributed by atoms with Crippen molar-refractivity contribution in [3.63, 3.8) is 0 Å². The maximum absolute atomic E-state index is 11.2. The molecule has 3 aromatic rings. The molecule has 0 saturated heterocycles. The number of fused-ring (bicyclic) bond motifs is 1. The van der Waals surface area contributed by atoms with Gasteiger partial charge in [-0.25, -0.2) is 14.3 Å². The Morgan fingerprint density at radius 1 is 1.45 bits per heavy atom. The number of nitrogens with one attached hydrogen (secondary N) is 1. The maximum Gasteiger partial charge on any atom is 0.337 e. The number of rotatable bonds is 3. The van der Waals surface area contributed by atoms with E-state index in [0.717, 1.165) is 11.3 Å². The molecule has 0 aliphatic rings. The van der Waals surface area contributed by atoms with Crippen molar-refractivity contribution in [2.24, 2.45) is 0 Å². The number of hydrogen-bond donors (Lipinski definition) is 2. The van der Waals surface area contributed by atoms with Crippen molar-refractivity contribution < 1.29 is 9.90 Å². The van der Waals surface area contributed by atoms with E-state index in [4.69, 9.17) is 6.42 Å². The van der Waals surface area contributed by atoms with Crippen LogP contribution in [0.3, 0.4) is 0 Å². The van der Waals surface area contributed by atoms with Gasteiger partial charge in [-0.2, -0.15) is 5.10 Å². The van der Waals surface area contributed by atoms with Crippen LogP contribution in [0.15, 0.2) is 36.8 Å². The van der Waals surface area contributed by atoms with E-state index in [1.165, 1.54) is 17.0 Å². The van der Waals surface area contributed by atoms with Crippen LogP contribution in [0.5, 0.6) is 0 Å². The van der Waals surface area contributed by atoms with Gasteiger partial charge in [-0.15, -0.1) is 6.42 Å². The average molecular weight is 292 g/mol. The number of terminal acetylenes is 1. The van der Waals surface area contributed by atoms with Gasteiger partial charge >= 0.3 is 5.97 Å². The highest BCUT2D eigenvalue weighted by atomic mass is 16.4. The molecule has 0 aliphatic carbocycles. The van der Waals surface area contributed by atoms with Crippen molar-refractivity contribution in [1.29, 1.82) is 0 Å². The number of anilines is 2. The maximum atomic E-state index is 11.2. The molecule has 1 aromatic carbocycles. The van der Waals surface area contributed by atoms with Gasteiger partial charge in [0.2, 0.25) is 0 Å². The quantitative estimate of drug-likeness (QED) is 0.725. The van der Waals surface area contributed by atoms with Gasteiger partial charge in [0.1, 0.15) is 11.8 Å². The Bertz CT molecular complexity index is 922. The molecule has 108 valence electrons. The lowest BCUT2D eigenvalue weighted by atomic mass is 10.2. The topological polar surface area (TPSA) is 79.5 Å². The first kappa shape index (κ1) is 13.6. The molecule has 0 fully saturated rings. The van der Waals surface area contributed by atoms with Crippen molar-refractivity contribution in [3.05, 3.63) is 53.5 Å². The van der Waals surface area contributed by atoms with Crippen LogP contribution in [0, 0.1) is 19.3 Å². The third-order valence-corrected chi connectivity index (χ3v) is 3.35. The number of carbonyl (C=O) groups is 1. The number of benzene rings is 1.